The van der Waals surface area contributed by atoms with E-state index in [1.54, 1.807) is 12.1 Å². The van der Waals surface area contributed by atoms with Gasteiger partial charge in [-0.05, 0) is 47.2 Å². The Morgan fingerprint density at radius 3 is 2.36 bits per heavy atom. The molecular formula is C28H27FN2O2. The maximum absolute atomic E-state index is 13.5. The zero-order chi connectivity index (χ0) is 22.8. The maximum Gasteiger partial charge on any atom is 0.227 e. The summed E-state index contributed by atoms with van der Waals surface area (Å²) in [4.78, 5) is 27.4. The molecule has 0 saturated carbocycles. The summed E-state index contributed by atoms with van der Waals surface area (Å²) < 4.78 is 13.5. The van der Waals surface area contributed by atoms with E-state index in [0.717, 1.165) is 35.1 Å². The Hall–Kier alpha value is -3.47. The number of amides is 2. The molecule has 2 saturated heterocycles. The first-order chi connectivity index (χ1) is 16.0. The van der Waals surface area contributed by atoms with E-state index in [4.69, 9.17) is 0 Å². The topological polar surface area (TPSA) is 49.4 Å². The van der Waals surface area contributed by atoms with Crippen molar-refractivity contribution < 1.29 is 14.0 Å². The van der Waals surface area contributed by atoms with E-state index in [2.05, 4.69) is 17.4 Å². The van der Waals surface area contributed by atoms with Crippen molar-refractivity contribution in [3.05, 3.63) is 95.8 Å². The number of hydrogen-bond acceptors (Lipinski definition) is 2. The van der Waals surface area contributed by atoms with E-state index in [-0.39, 0.29) is 23.5 Å². The molecule has 2 aliphatic rings. The van der Waals surface area contributed by atoms with Gasteiger partial charge in [0.2, 0.25) is 11.8 Å². The Morgan fingerprint density at radius 2 is 1.67 bits per heavy atom. The average molecular weight is 443 g/mol. The van der Waals surface area contributed by atoms with Crippen molar-refractivity contribution in [2.24, 2.45) is 0 Å². The van der Waals surface area contributed by atoms with Crippen molar-refractivity contribution in [3.63, 3.8) is 0 Å². The fraction of sp³-hybridized carbons (Fsp3) is 0.286. The fourth-order valence-corrected chi connectivity index (χ4v) is 5.30. The quantitative estimate of drug-likeness (QED) is 0.637. The molecule has 2 amide bonds. The molecule has 2 fully saturated rings. The van der Waals surface area contributed by atoms with E-state index in [9.17, 15) is 14.0 Å². The second-order valence-corrected chi connectivity index (χ2v) is 9.18. The molecule has 3 aromatic rings. The number of hydrogen-bond donors (Lipinski definition) is 1. The normalized spacial score (nSPS) is 22.4. The van der Waals surface area contributed by atoms with Crippen LogP contribution < -0.4 is 5.32 Å². The van der Waals surface area contributed by atoms with Crippen LogP contribution in [0.25, 0.3) is 11.1 Å². The molecule has 1 spiro atoms. The summed E-state index contributed by atoms with van der Waals surface area (Å²) in [6, 6.07) is 24.7. The van der Waals surface area contributed by atoms with Crippen LogP contribution in [-0.4, -0.2) is 35.3 Å². The summed E-state index contributed by atoms with van der Waals surface area (Å²) >= 11 is 0. The molecule has 33 heavy (non-hydrogen) atoms. The van der Waals surface area contributed by atoms with Gasteiger partial charge in [-0.1, -0.05) is 66.7 Å². The van der Waals surface area contributed by atoms with Crippen molar-refractivity contribution in [1.29, 1.82) is 0 Å². The highest BCUT2D eigenvalue weighted by Crippen LogP contribution is 2.41. The highest BCUT2D eigenvalue weighted by molar-refractivity contribution is 5.81. The monoisotopic (exact) mass is 442 g/mol. The highest BCUT2D eigenvalue weighted by Gasteiger charge is 2.50. The SMILES string of the molecule is O=C1CCC[C@]2(CN(C(=O)Cc3ccc(-c4ccccc4)cc3)C[C@H]2c2ccc(F)cc2)N1. The molecule has 0 bridgehead atoms. The van der Waals surface area contributed by atoms with Crippen LogP contribution in [0.15, 0.2) is 78.9 Å². The molecule has 1 N–H and O–H groups in total. The smallest absolute Gasteiger partial charge is 0.227 e. The first-order valence-electron chi connectivity index (χ1n) is 11.5. The molecule has 4 nitrogen and oxygen atoms in total. The summed E-state index contributed by atoms with van der Waals surface area (Å²) in [7, 11) is 0. The van der Waals surface area contributed by atoms with Crippen LogP contribution in [-0.2, 0) is 16.0 Å². The molecule has 0 aromatic heterocycles. The zero-order valence-electron chi connectivity index (χ0n) is 18.5. The largest absolute Gasteiger partial charge is 0.348 e. The Balaban J connectivity index is 1.34. The molecule has 2 heterocycles. The van der Waals surface area contributed by atoms with Crippen LogP contribution >= 0.6 is 0 Å². The Labute approximate surface area is 193 Å². The number of nitrogens with zero attached hydrogens (tertiary/aromatic N) is 1. The molecule has 5 heteroatoms. The molecule has 3 aromatic carbocycles. The summed E-state index contributed by atoms with van der Waals surface area (Å²) in [5.41, 5.74) is 3.70. The molecule has 2 atom stereocenters. The Morgan fingerprint density at radius 1 is 0.970 bits per heavy atom. The third kappa shape index (κ3) is 4.40. The van der Waals surface area contributed by atoms with Crippen LogP contribution in [0.2, 0.25) is 0 Å². The van der Waals surface area contributed by atoms with E-state index in [1.807, 2.05) is 47.4 Å². The van der Waals surface area contributed by atoms with Crippen molar-refractivity contribution in [2.75, 3.05) is 13.1 Å². The van der Waals surface area contributed by atoms with Crippen LogP contribution in [0.1, 0.15) is 36.3 Å². The van der Waals surface area contributed by atoms with Gasteiger partial charge in [0, 0.05) is 25.4 Å². The van der Waals surface area contributed by atoms with Crippen LogP contribution in [0.3, 0.4) is 0 Å². The summed E-state index contributed by atoms with van der Waals surface area (Å²) in [5, 5.41) is 3.20. The maximum atomic E-state index is 13.5. The fourth-order valence-electron chi connectivity index (χ4n) is 5.30. The number of benzene rings is 3. The van der Waals surface area contributed by atoms with Crippen LogP contribution in [0.4, 0.5) is 4.39 Å². The van der Waals surface area contributed by atoms with Crippen molar-refractivity contribution >= 4 is 11.8 Å². The second-order valence-electron chi connectivity index (χ2n) is 9.18. The number of carbonyl (C=O) groups excluding carboxylic acids is 2. The van der Waals surface area contributed by atoms with Crippen molar-refractivity contribution in [1.82, 2.24) is 10.2 Å². The molecule has 0 radical (unpaired) electrons. The summed E-state index contributed by atoms with van der Waals surface area (Å²) in [6.07, 6.45) is 2.44. The van der Waals surface area contributed by atoms with Gasteiger partial charge in [0.15, 0.2) is 0 Å². The lowest BCUT2D eigenvalue weighted by atomic mass is 9.76. The highest BCUT2D eigenvalue weighted by atomic mass is 19.1. The van der Waals surface area contributed by atoms with Gasteiger partial charge in [0.25, 0.3) is 0 Å². The van der Waals surface area contributed by atoms with Gasteiger partial charge in [-0.15, -0.1) is 0 Å². The third-order valence-corrected chi connectivity index (χ3v) is 7.00. The molecule has 0 aliphatic carbocycles. The van der Waals surface area contributed by atoms with Crippen LogP contribution in [0, 0.1) is 5.82 Å². The number of nitrogens with one attached hydrogen (secondary N) is 1. The van der Waals surface area contributed by atoms with Crippen molar-refractivity contribution in [3.8, 4) is 11.1 Å². The molecular weight excluding hydrogens is 415 g/mol. The van der Waals surface area contributed by atoms with Gasteiger partial charge < -0.3 is 10.2 Å². The first kappa shape index (κ1) is 21.4. The second kappa shape index (κ2) is 8.81. The minimum absolute atomic E-state index is 0.0270. The summed E-state index contributed by atoms with van der Waals surface area (Å²) in [6.45, 7) is 1.01. The molecule has 168 valence electrons. The zero-order valence-corrected chi connectivity index (χ0v) is 18.5. The Kier molecular flexibility index (Phi) is 5.71. The number of rotatable bonds is 4. The van der Waals surface area contributed by atoms with Gasteiger partial charge in [-0.3, -0.25) is 9.59 Å². The predicted octanol–water partition coefficient (Wildman–Crippen LogP) is 4.70. The number of likely N-dealkylation sites (tertiary alicyclic amines) is 1. The van der Waals surface area contributed by atoms with Crippen LogP contribution in [0.5, 0.6) is 0 Å². The van der Waals surface area contributed by atoms with E-state index in [0.29, 0.717) is 25.9 Å². The minimum Gasteiger partial charge on any atom is -0.348 e. The number of halogens is 1. The molecule has 2 aliphatic heterocycles. The third-order valence-electron chi connectivity index (χ3n) is 7.00. The standard InChI is InChI=1S/C28H27FN2O2/c29-24-14-12-23(13-15-24)25-18-31(19-28(25)16-4-7-26(32)30-28)27(33)17-20-8-10-22(11-9-20)21-5-2-1-3-6-21/h1-3,5-6,8-15,25H,4,7,16-19H2,(H,30,32)/t25-,28+/m0/s1. The predicted molar refractivity (Wildman–Crippen MR) is 126 cm³/mol. The van der Waals surface area contributed by atoms with E-state index >= 15 is 0 Å². The lowest BCUT2D eigenvalue weighted by Crippen LogP contribution is -2.56. The van der Waals surface area contributed by atoms with Gasteiger partial charge in [-0.25, -0.2) is 4.39 Å². The van der Waals surface area contributed by atoms with Gasteiger partial charge >= 0.3 is 0 Å². The molecule has 5 rings (SSSR count). The van der Waals surface area contributed by atoms with E-state index < -0.39 is 5.54 Å². The summed E-state index contributed by atoms with van der Waals surface area (Å²) in [5.74, 6) is -0.262. The first-order valence-corrected chi connectivity index (χ1v) is 11.5. The van der Waals surface area contributed by atoms with Gasteiger partial charge in [0.05, 0.1) is 12.0 Å². The molecule has 0 unspecified atom stereocenters. The van der Waals surface area contributed by atoms with Gasteiger partial charge in [-0.2, -0.15) is 0 Å². The average Bonchev–Trinajstić information content (AvgIpc) is 3.19. The van der Waals surface area contributed by atoms with E-state index in [1.165, 1.54) is 12.1 Å². The van der Waals surface area contributed by atoms with Gasteiger partial charge in [0.1, 0.15) is 5.82 Å². The minimum atomic E-state index is -0.486. The lowest BCUT2D eigenvalue weighted by Gasteiger charge is -2.39. The number of carbonyl (C=O) groups is 2. The Bertz CT molecular complexity index is 1140. The lowest BCUT2D eigenvalue weighted by molar-refractivity contribution is -0.131. The number of piperidine rings is 1. The van der Waals surface area contributed by atoms with Crippen molar-refractivity contribution in [2.45, 2.75) is 37.1 Å².